The Morgan fingerprint density at radius 3 is 2.14 bits per heavy atom. The van der Waals surface area contributed by atoms with Gasteiger partial charge in [-0.15, -0.1) is 0 Å². The summed E-state index contributed by atoms with van der Waals surface area (Å²) in [5, 5.41) is 10.3. The minimum atomic E-state index is -0.509. The standard InChI is InChI=1S/C19H32O2/c1-5-6-7-8-9-10-11-21-14-18(20)19-16(3)12-15(2)13-17(19)4/h12-13,18,20H,5-11,14H2,1-4H3. The lowest BCUT2D eigenvalue weighted by molar-refractivity contribution is 0.0338. The third-order valence-corrected chi connectivity index (χ3v) is 3.99. The van der Waals surface area contributed by atoms with Crippen molar-refractivity contribution in [3.63, 3.8) is 0 Å². The molecule has 0 fully saturated rings. The first-order valence-corrected chi connectivity index (χ1v) is 8.39. The van der Waals surface area contributed by atoms with Crippen molar-refractivity contribution in [3.8, 4) is 0 Å². The van der Waals surface area contributed by atoms with E-state index in [0.29, 0.717) is 6.61 Å². The molecule has 0 aliphatic carbocycles. The van der Waals surface area contributed by atoms with Crippen LogP contribution in [0, 0.1) is 20.8 Å². The lowest BCUT2D eigenvalue weighted by Crippen LogP contribution is -2.11. The van der Waals surface area contributed by atoms with Crippen LogP contribution >= 0.6 is 0 Å². The SMILES string of the molecule is CCCCCCCCOCC(O)c1c(C)cc(C)cc1C. The van der Waals surface area contributed by atoms with Gasteiger partial charge in [-0.25, -0.2) is 0 Å². The number of aliphatic hydroxyl groups excluding tert-OH is 1. The van der Waals surface area contributed by atoms with Gasteiger partial charge in [-0.1, -0.05) is 56.7 Å². The maximum Gasteiger partial charge on any atom is 0.103 e. The van der Waals surface area contributed by atoms with Crippen LogP contribution in [0.15, 0.2) is 12.1 Å². The first-order chi connectivity index (χ1) is 10.1. The zero-order chi connectivity index (χ0) is 15.7. The van der Waals surface area contributed by atoms with E-state index in [2.05, 4.69) is 39.8 Å². The second-order valence-corrected chi connectivity index (χ2v) is 6.17. The molecule has 0 saturated heterocycles. The predicted molar refractivity (Wildman–Crippen MR) is 89.8 cm³/mol. The highest BCUT2D eigenvalue weighted by Crippen LogP contribution is 2.23. The number of benzene rings is 1. The molecule has 21 heavy (non-hydrogen) atoms. The van der Waals surface area contributed by atoms with Crippen molar-refractivity contribution in [3.05, 3.63) is 34.4 Å². The van der Waals surface area contributed by atoms with Crippen LogP contribution in [0.25, 0.3) is 0 Å². The third-order valence-electron chi connectivity index (χ3n) is 3.99. The summed E-state index contributed by atoms with van der Waals surface area (Å²) in [6, 6.07) is 4.25. The molecule has 0 bridgehead atoms. The van der Waals surface area contributed by atoms with E-state index in [1.165, 1.54) is 37.7 Å². The molecule has 0 amide bonds. The molecule has 1 atom stereocenters. The van der Waals surface area contributed by atoms with Gasteiger partial charge in [0, 0.05) is 6.61 Å². The molecule has 1 aromatic rings. The maximum atomic E-state index is 10.3. The molecule has 2 heteroatoms. The van der Waals surface area contributed by atoms with Crippen LogP contribution in [-0.2, 0) is 4.74 Å². The molecule has 1 N–H and O–H groups in total. The Balaban J connectivity index is 2.27. The van der Waals surface area contributed by atoms with Gasteiger partial charge >= 0.3 is 0 Å². The van der Waals surface area contributed by atoms with E-state index in [4.69, 9.17) is 4.74 Å². The molecule has 120 valence electrons. The monoisotopic (exact) mass is 292 g/mol. The van der Waals surface area contributed by atoms with E-state index >= 15 is 0 Å². The van der Waals surface area contributed by atoms with E-state index in [9.17, 15) is 5.11 Å². The van der Waals surface area contributed by atoms with Gasteiger partial charge in [0.15, 0.2) is 0 Å². The molecular formula is C19H32O2. The Morgan fingerprint density at radius 1 is 0.952 bits per heavy atom. The second kappa shape index (κ2) is 9.97. The van der Waals surface area contributed by atoms with Crippen LogP contribution in [0.1, 0.15) is 73.8 Å². The molecule has 0 aromatic heterocycles. The van der Waals surface area contributed by atoms with Gasteiger partial charge in [-0.3, -0.25) is 0 Å². The molecule has 1 rings (SSSR count). The summed E-state index contributed by atoms with van der Waals surface area (Å²) in [6.45, 7) is 9.61. The van der Waals surface area contributed by atoms with Crippen LogP contribution in [0.2, 0.25) is 0 Å². The van der Waals surface area contributed by atoms with Crippen molar-refractivity contribution >= 4 is 0 Å². The summed E-state index contributed by atoms with van der Waals surface area (Å²) < 4.78 is 5.65. The van der Waals surface area contributed by atoms with E-state index < -0.39 is 6.10 Å². The van der Waals surface area contributed by atoms with Crippen molar-refractivity contribution in [2.24, 2.45) is 0 Å². The smallest absolute Gasteiger partial charge is 0.103 e. The van der Waals surface area contributed by atoms with Gasteiger partial charge < -0.3 is 9.84 Å². The average Bonchev–Trinajstić information content (AvgIpc) is 2.40. The molecule has 0 aliphatic rings. The number of aliphatic hydroxyl groups is 1. The summed E-state index contributed by atoms with van der Waals surface area (Å²) in [7, 11) is 0. The summed E-state index contributed by atoms with van der Waals surface area (Å²) in [5.74, 6) is 0. The highest BCUT2D eigenvalue weighted by atomic mass is 16.5. The number of aryl methyl sites for hydroxylation is 3. The summed E-state index contributed by atoms with van der Waals surface area (Å²) in [6.07, 6.45) is 7.09. The number of hydrogen-bond acceptors (Lipinski definition) is 2. The molecule has 0 spiro atoms. The fourth-order valence-corrected chi connectivity index (χ4v) is 2.98. The largest absolute Gasteiger partial charge is 0.386 e. The van der Waals surface area contributed by atoms with Crippen molar-refractivity contribution < 1.29 is 9.84 Å². The van der Waals surface area contributed by atoms with Crippen LogP contribution in [0.3, 0.4) is 0 Å². The lowest BCUT2D eigenvalue weighted by Gasteiger charge is -2.17. The van der Waals surface area contributed by atoms with Crippen LogP contribution in [0.5, 0.6) is 0 Å². The first-order valence-electron chi connectivity index (χ1n) is 8.39. The summed E-state index contributed by atoms with van der Waals surface area (Å²) in [5.41, 5.74) is 4.59. The lowest BCUT2D eigenvalue weighted by atomic mass is 9.96. The van der Waals surface area contributed by atoms with Gasteiger partial charge in [0.25, 0.3) is 0 Å². The third kappa shape index (κ3) is 6.62. The van der Waals surface area contributed by atoms with Crippen LogP contribution < -0.4 is 0 Å². The molecule has 0 radical (unpaired) electrons. The van der Waals surface area contributed by atoms with Gasteiger partial charge in [0.05, 0.1) is 6.61 Å². The number of ether oxygens (including phenoxy) is 1. The highest BCUT2D eigenvalue weighted by Gasteiger charge is 2.13. The Kier molecular flexibility index (Phi) is 8.63. The second-order valence-electron chi connectivity index (χ2n) is 6.17. The van der Waals surface area contributed by atoms with E-state index in [-0.39, 0.29) is 0 Å². The molecule has 1 unspecified atom stereocenters. The Bertz CT molecular complexity index is 389. The van der Waals surface area contributed by atoms with Crippen molar-refractivity contribution in [1.29, 1.82) is 0 Å². The fourth-order valence-electron chi connectivity index (χ4n) is 2.98. The van der Waals surface area contributed by atoms with Crippen molar-refractivity contribution in [2.45, 2.75) is 72.3 Å². The van der Waals surface area contributed by atoms with E-state index in [1.54, 1.807) is 0 Å². The van der Waals surface area contributed by atoms with Crippen molar-refractivity contribution in [1.82, 2.24) is 0 Å². The quantitative estimate of drug-likeness (QED) is 0.613. The Morgan fingerprint density at radius 2 is 1.52 bits per heavy atom. The maximum absolute atomic E-state index is 10.3. The molecular weight excluding hydrogens is 260 g/mol. The minimum Gasteiger partial charge on any atom is -0.386 e. The zero-order valence-corrected chi connectivity index (χ0v) is 14.2. The number of hydrogen-bond donors (Lipinski definition) is 1. The normalized spacial score (nSPS) is 12.6. The molecule has 0 heterocycles. The summed E-state index contributed by atoms with van der Waals surface area (Å²) in [4.78, 5) is 0. The van der Waals surface area contributed by atoms with Gasteiger partial charge in [-0.2, -0.15) is 0 Å². The Hall–Kier alpha value is -0.860. The Labute approximate surface area is 130 Å². The molecule has 1 aromatic carbocycles. The molecule has 2 nitrogen and oxygen atoms in total. The topological polar surface area (TPSA) is 29.5 Å². The first kappa shape index (κ1) is 18.2. The van der Waals surface area contributed by atoms with E-state index in [1.807, 2.05) is 0 Å². The van der Waals surface area contributed by atoms with Gasteiger partial charge in [0.1, 0.15) is 6.10 Å². The van der Waals surface area contributed by atoms with Crippen molar-refractivity contribution in [2.75, 3.05) is 13.2 Å². The number of rotatable bonds is 10. The van der Waals surface area contributed by atoms with E-state index in [0.717, 1.165) is 29.7 Å². The minimum absolute atomic E-state index is 0.402. The van der Waals surface area contributed by atoms with Gasteiger partial charge in [-0.05, 0) is 43.9 Å². The average molecular weight is 292 g/mol. The highest BCUT2D eigenvalue weighted by molar-refractivity contribution is 5.38. The fraction of sp³-hybridized carbons (Fsp3) is 0.684. The van der Waals surface area contributed by atoms with Crippen LogP contribution in [0.4, 0.5) is 0 Å². The van der Waals surface area contributed by atoms with Crippen LogP contribution in [-0.4, -0.2) is 18.3 Å². The molecule has 0 saturated carbocycles. The zero-order valence-electron chi connectivity index (χ0n) is 14.2. The predicted octanol–water partition coefficient (Wildman–Crippen LogP) is 5.02. The summed E-state index contributed by atoms with van der Waals surface area (Å²) >= 11 is 0. The number of unbranched alkanes of at least 4 members (excludes halogenated alkanes) is 5. The molecule has 0 aliphatic heterocycles. The van der Waals surface area contributed by atoms with Gasteiger partial charge in [0.2, 0.25) is 0 Å².